The summed E-state index contributed by atoms with van der Waals surface area (Å²) in [6, 6.07) is 3.28. The number of rotatable bonds is 5. The second-order valence-electron chi connectivity index (χ2n) is 3.57. The van der Waals surface area contributed by atoms with Crippen molar-refractivity contribution < 1.29 is 9.53 Å². The van der Waals surface area contributed by atoms with Crippen LogP contribution < -0.4 is 11.1 Å². The van der Waals surface area contributed by atoms with Crippen LogP contribution in [-0.4, -0.2) is 30.6 Å². The van der Waals surface area contributed by atoms with Gasteiger partial charge in [0.2, 0.25) is 5.91 Å². The molecule has 2 aromatic rings. The fourth-order valence-corrected chi connectivity index (χ4v) is 2.80. The summed E-state index contributed by atoms with van der Waals surface area (Å²) < 4.78 is 4.83. The Morgan fingerprint density at radius 2 is 2.44 bits per heavy atom. The van der Waals surface area contributed by atoms with Crippen molar-refractivity contribution in [3.8, 4) is 10.6 Å². The lowest BCUT2D eigenvalue weighted by Crippen LogP contribution is -2.39. The van der Waals surface area contributed by atoms with E-state index in [0.717, 1.165) is 10.6 Å². The molecule has 0 saturated carbocycles. The SMILES string of the molecule is COCC(N)C(=O)Nc1nc(-c2cccs2)cs1. The van der Waals surface area contributed by atoms with Gasteiger partial charge in [-0.2, -0.15) is 0 Å². The van der Waals surface area contributed by atoms with E-state index in [1.807, 2.05) is 22.9 Å². The number of hydrogen-bond acceptors (Lipinski definition) is 6. The van der Waals surface area contributed by atoms with Crippen molar-refractivity contribution in [3.63, 3.8) is 0 Å². The van der Waals surface area contributed by atoms with Gasteiger partial charge in [-0.3, -0.25) is 4.79 Å². The molecule has 2 rings (SSSR count). The van der Waals surface area contributed by atoms with Gasteiger partial charge in [0.05, 0.1) is 17.2 Å². The summed E-state index contributed by atoms with van der Waals surface area (Å²) in [5.74, 6) is -0.288. The van der Waals surface area contributed by atoms with Gasteiger partial charge in [-0.25, -0.2) is 4.98 Å². The number of amides is 1. The van der Waals surface area contributed by atoms with Gasteiger partial charge in [0, 0.05) is 12.5 Å². The molecule has 0 aliphatic heterocycles. The predicted molar refractivity (Wildman–Crippen MR) is 73.9 cm³/mol. The van der Waals surface area contributed by atoms with E-state index in [4.69, 9.17) is 10.5 Å². The monoisotopic (exact) mass is 283 g/mol. The van der Waals surface area contributed by atoms with Gasteiger partial charge < -0.3 is 15.8 Å². The fourth-order valence-electron chi connectivity index (χ4n) is 1.32. The maximum Gasteiger partial charge on any atom is 0.245 e. The van der Waals surface area contributed by atoms with Gasteiger partial charge in [0.25, 0.3) is 0 Å². The number of thiazole rings is 1. The number of carbonyl (C=O) groups excluding carboxylic acids is 1. The Labute approximate surface area is 113 Å². The first-order valence-corrected chi connectivity index (χ1v) is 7.01. The Balaban J connectivity index is 2.01. The lowest BCUT2D eigenvalue weighted by molar-refractivity contribution is -0.118. The summed E-state index contributed by atoms with van der Waals surface area (Å²) in [6.45, 7) is 0.189. The summed E-state index contributed by atoms with van der Waals surface area (Å²) in [4.78, 5) is 17.1. The van der Waals surface area contributed by atoms with Gasteiger partial charge >= 0.3 is 0 Å². The topological polar surface area (TPSA) is 77.2 Å². The average molecular weight is 283 g/mol. The van der Waals surface area contributed by atoms with E-state index in [-0.39, 0.29) is 12.5 Å². The van der Waals surface area contributed by atoms with E-state index in [1.54, 1.807) is 11.3 Å². The Morgan fingerprint density at radius 3 is 3.11 bits per heavy atom. The molecule has 0 aromatic carbocycles. The molecule has 96 valence electrons. The molecule has 3 N–H and O–H groups in total. The molecular weight excluding hydrogens is 270 g/mol. The van der Waals surface area contributed by atoms with Crippen molar-refractivity contribution in [2.24, 2.45) is 5.73 Å². The van der Waals surface area contributed by atoms with Crippen LogP contribution in [0.2, 0.25) is 0 Å². The van der Waals surface area contributed by atoms with Crippen molar-refractivity contribution in [2.45, 2.75) is 6.04 Å². The van der Waals surface area contributed by atoms with E-state index >= 15 is 0 Å². The van der Waals surface area contributed by atoms with E-state index in [0.29, 0.717) is 5.13 Å². The summed E-state index contributed by atoms with van der Waals surface area (Å²) in [6.07, 6.45) is 0. The third-order valence-corrected chi connectivity index (χ3v) is 3.84. The quantitative estimate of drug-likeness (QED) is 0.877. The smallest absolute Gasteiger partial charge is 0.245 e. The molecule has 2 aromatic heterocycles. The number of carbonyl (C=O) groups is 1. The Kier molecular flexibility index (Phi) is 4.43. The minimum absolute atomic E-state index is 0.189. The average Bonchev–Trinajstić information content (AvgIpc) is 2.98. The lowest BCUT2D eigenvalue weighted by atomic mass is 10.3. The maximum absolute atomic E-state index is 11.7. The normalized spacial score (nSPS) is 12.3. The molecule has 5 nitrogen and oxygen atoms in total. The molecule has 18 heavy (non-hydrogen) atoms. The molecule has 0 fully saturated rings. The molecule has 0 spiro atoms. The van der Waals surface area contributed by atoms with Crippen molar-refractivity contribution in [1.82, 2.24) is 4.98 Å². The lowest BCUT2D eigenvalue weighted by Gasteiger charge is -2.08. The van der Waals surface area contributed by atoms with Gasteiger partial charge in [-0.15, -0.1) is 22.7 Å². The largest absolute Gasteiger partial charge is 0.383 e. The van der Waals surface area contributed by atoms with E-state index in [2.05, 4.69) is 10.3 Å². The summed E-state index contributed by atoms with van der Waals surface area (Å²) >= 11 is 2.99. The molecule has 1 atom stereocenters. The number of thiophene rings is 1. The molecule has 0 saturated heterocycles. The van der Waals surface area contributed by atoms with Crippen LogP contribution in [0.3, 0.4) is 0 Å². The zero-order valence-corrected chi connectivity index (χ0v) is 11.4. The van der Waals surface area contributed by atoms with Crippen molar-refractivity contribution >= 4 is 33.7 Å². The minimum atomic E-state index is -0.677. The summed E-state index contributed by atoms with van der Waals surface area (Å²) in [7, 11) is 1.51. The number of aromatic nitrogens is 1. The Bertz CT molecular complexity index is 510. The second-order valence-corrected chi connectivity index (χ2v) is 5.37. The Hall–Kier alpha value is -1.28. The van der Waals surface area contributed by atoms with Crippen molar-refractivity contribution in [1.29, 1.82) is 0 Å². The van der Waals surface area contributed by atoms with E-state index < -0.39 is 6.04 Å². The molecule has 2 heterocycles. The maximum atomic E-state index is 11.7. The summed E-state index contributed by atoms with van der Waals surface area (Å²) in [5.41, 5.74) is 6.49. The van der Waals surface area contributed by atoms with Crippen molar-refractivity contribution in [2.75, 3.05) is 19.0 Å². The first kappa shape index (κ1) is 13.2. The summed E-state index contributed by atoms with van der Waals surface area (Å²) in [5, 5.41) is 7.12. The highest BCUT2D eigenvalue weighted by molar-refractivity contribution is 7.16. The van der Waals surface area contributed by atoms with Crippen molar-refractivity contribution in [3.05, 3.63) is 22.9 Å². The van der Waals surface area contributed by atoms with Crippen LogP contribution in [0.4, 0.5) is 5.13 Å². The number of ether oxygens (including phenoxy) is 1. The fraction of sp³-hybridized carbons (Fsp3) is 0.273. The molecule has 7 heteroatoms. The van der Waals surface area contributed by atoms with Crippen LogP contribution in [0.25, 0.3) is 10.6 Å². The van der Waals surface area contributed by atoms with Gasteiger partial charge in [-0.1, -0.05) is 6.07 Å². The molecule has 1 amide bonds. The zero-order valence-electron chi connectivity index (χ0n) is 9.75. The van der Waals surface area contributed by atoms with Gasteiger partial charge in [-0.05, 0) is 11.4 Å². The number of nitrogens with one attached hydrogen (secondary N) is 1. The molecule has 0 aliphatic carbocycles. The van der Waals surface area contributed by atoms with Crippen LogP contribution in [0, 0.1) is 0 Å². The third-order valence-electron chi connectivity index (χ3n) is 2.19. The highest BCUT2D eigenvalue weighted by atomic mass is 32.1. The van der Waals surface area contributed by atoms with Crippen LogP contribution >= 0.6 is 22.7 Å². The third kappa shape index (κ3) is 3.14. The molecular formula is C11H13N3O2S2. The number of hydrogen-bond donors (Lipinski definition) is 2. The van der Waals surface area contributed by atoms with E-state index in [9.17, 15) is 4.79 Å². The van der Waals surface area contributed by atoms with Crippen LogP contribution in [-0.2, 0) is 9.53 Å². The number of nitrogens with zero attached hydrogens (tertiary/aromatic N) is 1. The highest BCUT2D eigenvalue weighted by Gasteiger charge is 2.15. The van der Waals surface area contributed by atoms with Gasteiger partial charge in [0.15, 0.2) is 5.13 Å². The number of nitrogens with two attached hydrogens (primary N) is 1. The number of anilines is 1. The zero-order chi connectivity index (χ0) is 13.0. The molecule has 0 radical (unpaired) electrons. The molecule has 0 aliphatic rings. The van der Waals surface area contributed by atoms with E-state index in [1.165, 1.54) is 18.4 Å². The first-order chi connectivity index (χ1) is 8.70. The standard InChI is InChI=1S/C11H13N3O2S2/c1-16-5-7(12)10(15)14-11-13-8(6-18-11)9-3-2-4-17-9/h2-4,6-7H,5,12H2,1H3,(H,13,14,15). The van der Waals surface area contributed by atoms with Crippen LogP contribution in [0.1, 0.15) is 0 Å². The van der Waals surface area contributed by atoms with Crippen LogP contribution in [0.5, 0.6) is 0 Å². The van der Waals surface area contributed by atoms with Gasteiger partial charge in [0.1, 0.15) is 6.04 Å². The van der Waals surface area contributed by atoms with Crippen LogP contribution in [0.15, 0.2) is 22.9 Å². The first-order valence-electron chi connectivity index (χ1n) is 5.25. The predicted octanol–water partition coefficient (Wildman–Crippen LogP) is 1.78. The highest BCUT2D eigenvalue weighted by Crippen LogP contribution is 2.28. The second kappa shape index (κ2) is 6.05. The molecule has 1 unspecified atom stereocenters. The Morgan fingerprint density at radius 1 is 1.61 bits per heavy atom. The molecule has 0 bridgehead atoms. The minimum Gasteiger partial charge on any atom is -0.383 e. The number of methoxy groups -OCH3 is 1.